The second-order valence-electron chi connectivity index (χ2n) is 6.95. The zero-order chi connectivity index (χ0) is 21.9. The lowest BCUT2D eigenvalue weighted by Gasteiger charge is -2.23. The molecule has 0 radical (unpaired) electrons. The molecule has 2 rings (SSSR count). The van der Waals surface area contributed by atoms with Crippen LogP contribution < -0.4 is 16.8 Å². The molecular weight excluding hydrogens is 386 g/mol. The van der Waals surface area contributed by atoms with Gasteiger partial charge in [0.1, 0.15) is 12.6 Å². The number of primary amides is 1. The Labute approximate surface area is 175 Å². The zero-order valence-electron chi connectivity index (χ0n) is 16.6. The summed E-state index contributed by atoms with van der Waals surface area (Å²) in [6.07, 6.45) is -1.70. The van der Waals surface area contributed by atoms with Crippen molar-refractivity contribution in [3.8, 4) is 0 Å². The molecule has 0 aromatic heterocycles. The number of ether oxygens (including phenoxy) is 1. The van der Waals surface area contributed by atoms with Gasteiger partial charge in [0.05, 0.1) is 18.6 Å². The third-order valence-corrected chi connectivity index (χ3v) is 4.57. The van der Waals surface area contributed by atoms with E-state index in [1.54, 1.807) is 24.3 Å². The van der Waals surface area contributed by atoms with Gasteiger partial charge in [0.15, 0.2) is 5.78 Å². The Hall–Kier alpha value is -3.23. The van der Waals surface area contributed by atoms with Gasteiger partial charge in [-0.2, -0.15) is 0 Å². The summed E-state index contributed by atoms with van der Waals surface area (Å²) in [6, 6.07) is 15.8. The number of Topliss-reactive ketones (excluding diaryl/α,β-unsaturated/α-hetero) is 1. The fourth-order valence-electron chi connectivity index (χ4n) is 2.89. The van der Waals surface area contributed by atoms with Crippen LogP contribution in [0.2, 0.25) is 0 Å². The van der Waals surface area contributed by atoms with Gasteiger partial charge in [-0.3, -0.25) is 9.59 Å². The molecule has 2 aromatic carbocycles. The van der Waals surface area contributed by atoms with Crippen molar-refractivity contribution in [2.45, 2.75) is 44.1 Å². The van der Waals surface area contributed by atoms with Gasteiger partial charge in [0.2, 0.25) is 5.91 Å². The number of hydrogen-bond donors (Lipinski definition) is 4. The molecule has 0 heterocycles. The number of nitrogens with two attached hydrogens (primary N) is 2. The molecule has 8 nitrogen and oxygen atoms in total. The number of amides is 2. The summed E-state index contributed by atoms with van der Waals surface area (Å²) in [4.78, 5) is 36.1. The predicted octanol–water partition coefficient (Wildman–Crippen LogP) is 1.05. The lowest BCUT2D eigenvalue weighted by molar-refractivity contribution is -0.128. The highest BCUT2D eigenvalue weighted by molar-refractivity contribution is 5.95. The summed E-state index contributed by atoms with van der Waals surface area (Å²) < 4.78 is 5.08. The first-order valence-electron chi connectivity index (χ1n) is 9.63. The SMILES string of the molecule is NC(=O)CC(NC(=O)OCc1ccccc1)C(=O)C(N)C(O)CCc1ccccc1. The number of hydrogen-bond acceptors (Lipinski definition) is 6. The highest BCUT2D eigenvalue weighted by Crippen LogP contribution is 2.10. The van der Waals surface area contributed by atoms with Gasteiger partial charge in [0.25, 0.3) is 0 Å². The first-order chi connectivity index (χ1) is 14.4. The fraction of sp³-hybridized carbons (Fsp3) is 0.318. The molecule has 160 valence electrons. The van der Waals surface area contributed by atoms with Crippen molar-refractivity contribution >= 4 is 17.8 Å². The van der Waals surface area contributed by atoms with Gasteiger partial charge in [-0.1, -0.05) is 60.7 Å². The summed E-state index contributed by atoms with van der Waals surface area (Å²) in [5.41, 5.74) is 12.9. The summed E-state index contributed by atoms with van der Waals surface area (Å²) in [6.45, 7) is -0.00406. The molecule has 3 unspecified atom stereocenters. The smallest absolute Gasteiger partial charge is 0.408 e. The highest BCUT2D eigenvalue weighted by Gasteiger charge is 2.31. The Morgan fingerprint density at radius 1 is 0.967 bits per heavy atom. The van der Waals surface area contributed by atoms with E-state index in [9.17, 15) is 19.5 Å². The summed E-state index contributed by atoms with van der Waals surface area (Å²) in [5, 5.41) is 12.6. The molecule has 6 N–H and O–H groups in total. The molecule has 2 aromatic rings. The van der Waals surface area contributed by atoms with Gasteiger partial charge < -0.3 is 26.6 Å². The summed E-state index contributed by atoms with van der Waals surface area (Å²) in [7, 11) is 0. The maximum Gasteiger partial charge on any atom is 0.408 e. The van der Waals surface area contributed by atoms with Crippen LogP contribution in [0.15, 0.2) is 60.7 Å². The van der Waals surface area contributed by atoms with Gasteiger partial charge in [-0.25, -0.2) is 4.79 Å². The van der Waals surface area contributed by atoms with E-state index < -0.39 is 42.4 Å². The Kier molecular flexibility index (Phi) is 8.99. The van der Waals surface area contributed by atoms with Crippen LogP contribution in [0, 0.1) is 0 Å². The lowest BCUT2D eigenvalue weighted by atomic mass is 9.95. The number of aliphatic hydroxyl groups is 1. The number of benzene rings is 2. The largest absolute Gasteiger partial charge is 0.445 e. The monoisotopic (exact) mass is 413 g/mol. The van der Waals surface area contributed by atoms with E-state index in [0.717, 1.165) is 11.1 Å². The zero-order valence-corrected chi connectivity index (χ0v) is 16.6. The van der Waals surface area contributed by atoms with Crippen LogP contribution in [-0.4, -0.2) is 41.1 Å². The molecule has 0 saturated heterocycles. The number of rotatable bonds is 11. The molecule has 0 bridgehead atoms. The molecule has 8 heteroatoms. The van der Waals surface area contributed by atoms with Crippen molar-refractivity contribution in [1.82, 2.24) is 5.32 Å². The van der Waals surface area contributed by atoms with E-state index in [2.05, 4.69) is 5.32 Å². The highest BCUT2D eigenvalue weighted by atomic mass is 16.5. The maximum absolute atomic E-state index is 12.7. The molecule has 0 spiro atoms. The Balaban J connectivity index is 1.92. The van der Waals surface area contributed by atoms with Gasteiger partial charge in [-0.15, -0.1) is 0 Å². The molecule has 30 heavy (non-hydrogen) atoms. The predicted molar refractivity (Wildman–Crippen MR) is 111 cm³/mol. The number of aryl methyl sites for hydroxylation is 1. The standard InChI is InChI=1S/C22H27N3O5/c23-19(27)13-17(25-22(29)30-14-16-9-5-2-6-10-16)21(28)20(24)18(26)12-11-15-7-3-1-4-8-15/h1-10,17-18,20,26H,11-14,24H2,(H2,23,27)(H,25,29). The molecule has 0 fully saturated rings. The number of carbonyl (C=O) groups is 3. The third-order valence-electron chi connectivity index (χ3n) is 4.57. The van der Waals surface area contributed by atoms with Crippen LogP contribution in [0.3, 0.4) is 0 Å². The van der Waals surface area contributed by atoms with E-state index in [1.165, 1.54) is 0 Å². The van der Waals surface area contributed by atoms with E-state index in [-0.39, 0.29) is 13.0 Å². The minimum atomic E-state index is -1.29. The number of nitrogens with one attached hydrogen (secondary N) is 1. The average Bonchev–Trinajstić information content (AvgIpc) is 2.75. The van der Waals surface area contributed by atoms with Crippen LogP contribution in [-0.2, 0) is 27.4 Å². The quantitative estimate of drug-likeness (QED) is 0.433. The second kappa shape index (κ2) is 11.7. The van der Waals surface area contributed by atoms with Crippen molar-refractivity contribution in [2.24, 2.45) is 11.5 Å². The van der Waals surface area contributed by atoms with Gasteiger partial charge in [0, 0.05) is 0 Å². The Morgan fingerprint density at radius 2 is 1.53 bits per heavy atom. The Bertz CT molecular complexity index is 829. The van der Waals surface area contributed by atoms with Crippen LogP contribution >= 0.6 is 0 Å². The third kappa shape index (κ3) is 7.65. The van der Waals surface area contributed by atoms with Crippen molar-refractivity contribution in [1.29, 1.82) is 0 Å². The minimum Gasteiger partial charge on any atom is -0.445 e. The van der Waals surface area contributed by atoms with Crippen LogP contribution in [0.25, 0.3) is 0 Å². The van der Waals surface area contributed by atoms with Crippen LogP contribution in [0.4, 0.5) is 4.79 Å². The van der Waals surface area contributed by atoms with Crippen molar-refractivity contribution in [2.75, 3.05) is 0 Å². The average molecular weight is 413 g/mol. The topological polar surface area (TPSA) is 145 Å². The molecular formula is C22H27N3O5. The maximum atomic E-state index is 12.7. The lowest BCUT2D eigenvalue weighted by Crippen LogP contribution is -2.53. The molecule has 0 saturated carbocycles. The van der Waals surface area contributed by atoms with E-state index in [0.29, 0.717) is 6.42 Å². The Morgan fingerprint density at radius 3 is 2.10 bits per heavy atom. The van der Waals surface area contributed by atoms with Crippen molar-refractivity contribution in [3.63, 3.8) is 0 Å². The van der Waals surface area contributed by atoms with Gasteiger partial charge in [-0.05, 0) is 24.0 Å². The van der Waals surface area contributed by atoms with E-state index in [1.807, 2.05) is 36.4 Å². The van der Waals surface area contributed by atoms with E-state index >= 15 is 0 Å². The molecule has 0 aliphatic heterocycles. The summed E-state index contributed by atoms with van der Waals surface area (Å²) in [5.74, 6) is -1.48. The number of carbonyl (C=O) groups excluding carboxylic acids is 3. The van der Waals surface area contributed by atoms with Gasteiger partial charge >= 0.3 is 6.09 Å². The first kappa shape index (κ1) is 23.1. The number of alkyl carbamates (subject to hydrolysis) is 1. The fourth-order valence-corrected chi connectivity index (χ4v) is 2.89. The molecule has 0 aliphatic carbocycles. The van der Waals surface area contributed by atoms with Crippen LogP contribution in [0.1, 0.15) is 24.0 Å². The molecule has 3 atom stereocenters. The molecule has 0 aliphatic rings. The van der Waals surface area contributed by atoms with Crippen molar-refractivity contribution in [3.05, 3.63) is 71.8 Å². The first-order valence-corrected chi connectivity index (χ1v) is 9.63. The minimum absolute atomic E-state index is 0.00406. The second-order valence-corrected chi connectivity index (χ2v) is 6.95. The number of aliphatic hydroxyl groups excluding tert-OH is 1. The normalized spacial score (nSPS) is 13.7. The molecule has 2 amide bonds. The van der Waals surface area contributed by atoms with E-state index in [4.69, 9.17) is 16.2 Å². The number of ketones is 1. The summed E-state index contributed by atoms with van der Waals surface area (Å²) >= 11 is 0. The van der Waals surface area contributed by atoms with Crippen LogP contribution in [0.5, 0.6) is 0 Å². The van der Waals surface area contributed by atoms with Crippen molar-refractivity contribution < 1.29 is 24.2 Å².